The van der Waals surface area contributed by atoms with Crippen LogP contribution in [0.15, 0.2) is 143 Å². The maximum absolute atomic E-state index is 5.53. The minimum absolute atomic E-state index is 0.390. The highest BCUT2D eigenvalue weighted by Gasteiger charge is 2.28. The topological polar surface area (TPSA) is 29.6 Å². The largest absolute Gasteiger partial charge is 0.433 e. The molecule has 0 bridgehead atoms. The number of amidine groups is 1. The third-order valence-electron chi connectivity index (χ3n) is 7.70. The molecule has 4 aromatic carbocycles. The van der Waals surface area contributed by atoms with E-state index >= 15 is 0 Å². The van der Waals surface area contributed by atoms with Crippen LogP contribution in [0.1, 0.15) is 11.1 Å². The number of aliphatic imine (C=N–C) groups is 2. The van der Waals surface area contributed by atoms with E-state index < -0.39 is 23.0 Å². The molecule has 3 nitrogen and oxygen atoms in total. The lowest BCUT2D eigenvalue weighted by Gasteiger charge is -2.15. The summed E-state index contributed by atoms with van der Waals surface area (Å²) in [5, 5.41) is 0. The van der Waals surface area contributed by atoms with Gasteiger partial charge < -0.3 is 4.48 Å². The van der Waals surface area contributed by atoms with Crippen LogP contribution in [0, 0.1) is 22.7 Å². The van der Waals surface area contributed by atoms with Gasteiger partial charge in [-0.2, -0.15) is 0 Å². The Morgan fingerprint density at radius 3 is 1.54 bits per heavy atom. The van der Waals surface area contributed by atoms with Crippen molar-refractivity contribution in [3.63, 3.8) is 0 Å². The average Bonchev–Trinajstić information content (AvgIpc) is 3.68. The highest BCUT2D eigenvalue weighted by atomic mass is 28.3. The van der Waals surface area contributed by atoms with Crippen LogP contribution in [0.2, 0.25) is 39.3 Å². The molecule has 0 saturated heterocycles. The molecule has 6 rings (SSSR count). The van der Waals surface area contributed by atoms with E-state index in [1.165, 1.54) is 0 Å². The zero-order valence-electron chi connectivity index (χ0n) is 28.6. The first-order valence-electron chi connectivity index (χ1n) is 16.5. The second kappa shape index (κ2) is 13.9. The molecule has 2 heterocycles. The van der Waals surface area contributed by atoms with Gasteiger partial charge in [-0.25, -0.2) is 9.98 Å². The van der Waals surface area contributed by atoms with Crippen molar-refractivity contribution < 1.29 is 0 Å². The number of rotatable bonds is 6. The maximum Gasteiger partial charge on any atom is 0.433 e. The van der Waals surface area contributed by atoms with E-state index in [-0.39, 0.29) is 0 Å². The Labute approximate surface area is 288 Å². The minimum Gasteiger partial charge on any atom is -0.346 e. The SMILES string of the molecule is C[Si](C)(C)C#CB(C#C[Si](C)(C)C)n1c(-c2ccccc2)cc(-c2ccccc2)c1/N=C1\N=C(c2ccccc2)C=C1c1ccccc1. The van der Waals surface area contributed by atoms with Crippen molar-refractivity contribution in [1.29, 1.82) is 0 Å². The van der Waals surface area contributed by atoms with Gasteiger partial charge >= 0.3 is 6.85 Å². The Hall–Kier alpha value is -5.14. The molecule has 0 spiro atoms. The van der Waals surface area contributed by atoms with E-state index in [4.69, 9.17) is 9.98 Å². The first kappa shape index (κ1) is 32.8. The van der Waals surface area contributed by atoms with Gasteiger partial charge in [-0.1, -0.05) is 161 Å². The quantitative estimate of drug-likeness (QED) is 0.129. The molecule has 0 N–H and O–H groups in total. The lowest BCUT2D eigenvalue weighted by molar-refractivity contribution is 1.20. The second-order valence-electron chi connectivity index (χ2n) is 14.0. The Morgan fingerprint density at radius 2 is 1.04 bits per heavy atom. The van der Waals surface area contributed by atoms with E-state index in [1.807, 2.05) is 24.3 Å². The van der Waals surface area contributed by atoms with Crippen LogP contribution >= 0.6 is 0 Å². The van der Waals surface area contributed by atoms with E-state index in [0.29, 0.717) is 5.84 Å². The van der Waals surface area contributed by atoms with Gasteiger partial charge in [-0.15, -0.1) is 22.7 Å². The summed E-state index contributed by atoms with van der Waals surface area (Å²) in [6, 6.07) is 44.0. The molecule has 1 aromatic heterocycles. The summed E-state index contributed by atoms with van der Waals surface area (Å²) in [6.45, 7) is 13.3. The first-order valence-corrected chi connectivity index (χ1v) is 23.5. The molecule has 0 unspecified atom stereocenters. The standard InChI is InChI=1S/C42H40BN3Si2/c1-47(2,3)29-27-43(28-30-48(4,5)6)46-40(36-25-17-10-18-26-36)32-38(34-21-13-8-14-22-34)42(46)45-41-37(33-19-11-7-12-20-33)31-39(44-41)35-23-15-9-16-24-35/h7-26,31-32H,1-6H3/b45-41-. The Morgan fingerprint density at radius 1 is 0.583 bits per heavy atom. The summed E-state index contributed by atoms with van der Waals surface area (Å²) in [6.07, 6.45) is 2.16. The summed E-state index contributed by atoms with van der Waals surface area (Å²) >= 11 is 0. The lowest BCUT2D eigenvalue weighted by Crippen LogP contribution is -2.27. The molecule has 234 valence electrons. The van der Waals surface area contributed by atoms with Crippen LogP contribution in [0.4, 0.5) is 5.82 Å². The molecule has 0 radical (unpaired) electrons. The van der Waals surface area contributed by atoms with Gasteiger partial charge in [0.1, 0.15) is 22.0 Å². The average molecular weight is 654 g/mol. The molecule has 0 saturated carbocycles. The predicted molar refractivity (Wildman–Crippen MR) is 213 cm³/mol. The summed E-state index contributed by atoms with van der Waals surface area (Å²) < 4.78 is 2.27. The van der Waals surface area contributed by atoms with Gasteiger partial charge in [0.15, 0.2) is 5.84 Å². The van der Waals surface area contributed by atoms with Crippen LogP contribution in [-0.4, -0.2) is 39.0 Å². The van der Waals surface area contributed by atoms with Crippen molar-refractivity contribution >= 4 is 45.9 Å². The second-order valence-corrected chi connectivity index (χ2v) is 23.5. The van der Waals surface area contributed by atoms with Gasteiger partial charge in [0.2, 0.25) is 0 Å². The van der Waals surface area contributed by atoms with Crippen LogP contribution in [0.3, 0.4) is 0 Å². The number of allylic oxidation sites excluding steroid dienone is 1. The van der Waals surface area contributed by atoms with Crippen molar-refractivity contribution in [3.05, 3.63) is 145 Å². The molecule has 6 heteroatoms. The fourth-order valence-corrected chi connectivity index (χ4v) is 6.61. The highest BCUT2D eigenvalue weighted by Crippen LogP contribution is 2.40. The fraction of sp³-hybridized carbons (Fsp3) is 0.143. The summed E-state index contributed by atoms with van der Waals surface area (Å²) in [5.41, 5.74) is 15.6. The van der Waals surface area contributed by atoms with Crippen molar-refractivity contribution in [2.24, 2.45) is 9.98 Å². The van der Waals surface area contributed by atoms with E-state index in [1.54, 1.807) is 0 Å². The van der Waals surface area contributed by atoms with Gasteiger partial charge in [0, 0.05) is 22.4 Å². The Balaban J connectivity index is 1.70. The molecular formula is C42H40BN3Si2. The van der Waals surface area contributed by atoms with Crippen molar-refractivity contribution in [3.8, 4) is 45.1 Å². The molecular weight excluding hydrogens is 613 g/mol. The van der Waals surface area contributed by atoms with Crippen molar-refractivity contribution in [1.82, 2.24) is 4.48 Å². The normalized spacial score (nSPS) is 13.6. The minimum atomic E-state index is -1.73. The van der Waals surface area contributed by atoms with Gasteiger partial charge in [-0.3, -0.25) is 0 Å². The van der Waals surface area contributed by atoms with Gasteiger partial charge in [-0.05, 0) is 28.8 Å². The molecule has 0 atom stereocenters. The third kappa shape index (κ3) is 7.86. The molecule has 1 aliphatic heterocycles. The highest BCUT2D eigenvalue weighted by molar-refractivity contribution is 6.88. The Kier molecular flexibility index (Phi) is 9.51. The maximum atomic E-state index is 5.53. The number of nitrogens with zero attached hydrogens (tertiary/aromatic N) is 3. The fourth-order valence-electron chi connectivity index (χ4n) is 5.47. The van der Waals surface area contributed by atoms with Crippen LogP contribution in [0.5, 0.6) is 0 Å². The number of hydrogen-bond acceptors (Lipinski definition) is 1. The van der Waals surface area contributed by atoms with Crippen molar-refractivity contribution in [2.75, 3.05) is 0 Å². The molecule has 0 fully saturated rings. The molecule has 5 aromatic rings. The first-order chi connectivity index (χ1) is 23.1. The van der Waals surface area contributed by atoms with Gasteiger partial charge in [0.25, 0.3) is 0 Å². The third-order valence-corrected chi connectivity index (χ3v) is 9.49. The number of benzene rings is 4. The number of hydrogen-bond donors (Lipinski definition) is 0. The molecule has 0 amide bonds. The monoisotopic (exact) mass is 653 g/mol. The van der Waals surface area contributed by atoms with Gasteiger partial charge in [0.05, 0.1) is 5.71 Å². The predicted octanol–water partition coefficient (Wildman–Crippen LogP) is 10.1. The van der Waals surface area contributed by atoms with E-state index in [0.717, 1.165) is 50.6 Å². The Bertz CT molecular complexity index is 2100. The van der Waals surface area contributed by atoms with E-state index in [2.05, 4.69) is 176 Å². The van der Waals surface area contributed by atoms with Crippen molar-refractivity contribution in [2.45, 2.75) is 39.3 Å². The van der Waals surface area contributed by atoms with Crippen LogP contribution < -0.4 is 0 Å². The summed E-state index contributed by atoms with van der Waals surface area (Å²) in [5.74, 6) is 8.81. The molecule has 1 aliphatic rings. The molecule has 48 heavy (non-hydrogen) atoms. The molecule has 0 aliphatic carbocycles. The van der Waals surface area contributed by atoms with E-state index in [9.17, 15) is 0 Å². The van der Waals surface area contributed by atoms with Crippen LogP contribution in [0.25, 0.3) is 28.0 Å². The zero-order chi connectivity index (χ0) is 33.7. The van der Waals surface area contributed by atoms with Crippen LogP contribution in [-0.2, 0) is 0 Å². The summed E-state index contributed by atoms with van der Waals surface area (Å²) in [7, 11) is -3.47. The number of aromatic nitrogens is 1. The lowest BCUT2D eigenvalue weighted by atomic mass is 9.64. The zero-order valence-corrected chi connectivity index (χ0v) is 30.6. The summed E-state index contributed by atoms with van der Waals surface area (Å²) in [4.78, 5) is 10.7. The smallest absolute Gasteiger partial charge is 0.346 e.